The summed E-state index contributed by atoms with van der Waals surface area (Å²) in [5.74, 6) is 0.717. The quantitative estimate of drug-likeness (QED) is 0.559. The number of carbonyl (C=O) groups excluding carboxylic acids is 2. The van der Waals surface area contributed by atoms with Gasteiger partial charge in [-0.1, -0.05) is 18.5 Å². The van der Waals surface area contributed by atoms with E-state index in [4.69, 9.17) is 26.8 Å². The van der Waals surface area contributed by atoms with Gasteiger partial charge in [0.2, 0.25) is 11.8 Å². The Morgan fingerprint density at radius 3 is 2.80 bits per heavy atom. The summed E-state index contributed by atoms with van der Waals surface area (Å²) in [7, 11) is 1.63. The normalized spacial score (nSPS) is 30.1. The fraction of sp³-hybridized carbons (Fsp3) is 0.654. The lowest BCUT2D eigenvalue weighted by molar-refractivity contribution is -0.132. The van der Waals surface area contributed by atoms with Gasteiger partial charge in [0.05, 0.1) is 18.0 Å². The van der Waals surface area contributed by atoms with Crippen LogP contribution in [-0.2, 0) is 14.3 Å². The van der Waals surface area contributed by atoms with Crippen LogP contribution in [0.5, 0.6) is 5.75 Å². The Kier molecular flexibility index (Phi) is 7.08. The Morgan fingerprint density at radius 1 is 1.40 bits per heavy atom. The number of nitrogens with two attached hydrogens (primary N) is 1. The number of hydrogen-bond donors (Lipinski definition) is 2. The minimum atomic E-state index is -0.478. The number of fused-ring (bicyclic) bond motifs is 1. The van der Waals surface area contributed by atoms with Crippen LogP contribution in [0, 0.1) is 11.8 Å². The summed E-state index contributed by atoms with van der Waals surface area (Å²) >= 11 is 6.24. The zero-order valence-electron chi connectivity index (χ0n) is 21.3. The molecule has 3 N–H and O–H groups in total. The summed E-state index contributed by atoms with van der Waals surface area (Å²) < 4.78 is 11.4. The highest BCUT2D eigenvalue weighted by Gasteiger charge is 2.52. The number of aliphatic imine (C=N–C) groups is 1. The maximum Gasteiger partial charge on any atom is 0.231 e. The molecule has 3 aliphatic rings. The van der Waals surface area contributed by atoms with Crippen LogP contribution in [-0.4, -0.2) is 53.6 Å². The molecule has 2 heterocycles. The Balaban J connectivity index is 1.51. The number of amides is 2. The second-order valence-corrected chi connectivity index (χ2v) is 11.4. The van der Waals surface area contributed by atoms with Crippen molar-refractivity contribution in [3.63, 3.8) is 0 Å². The van der Waals surface area contributed by atoms with Gasteiger partial charge in [-0.2, -0.15) is 0 Å². The van der Waals surface area contributed by atoms with Gasteiger partial charge in [0.1, 0.15) is 11.4 Å². The first kappa shape index (κ1) is 25.8. The first-order chi connectivity index (χ1) is 16.5. The van der Waals surface area contributed by atoms with Gasteiger partial charge in [-0.25, -0.2) is 4.99 Å². The molecule has 35 heavy (non-hydrogen) atoms. The number of halogens is 1. The van der Waals surface area contributed by atoms with Crippen molar-refractivity contribution in [1.82, 2.24) is 10.2 Å². The number of nitrogens with one attached hydrogen (secondary N) is 1. The van der Waals surface area contributed by atoms with Gasteiger partial charge in [0.15, 0.2) is 5.96 Å². The molecule has 9 heteroatoms. The van der Waals surface area contributed by atoms with E-state index in [1.54, 1.807) is 18.1 Å². The number of hydrogen-bond acceptors (Lipinski definition) is 6. The maximum absolute atomic E-state index is 13.4. The van der Waals surface area contributed by atoms with E-state index in [9.17, 15) is 9.59 Å². The fourth-order valence-electron chi connectivity index (χ4n) is 5.42. The lowest BCUT2D eigenvalue weighted by Gasteiger charge is -2.39. The van der Waals surface area contributed by atoms with Gasteiger partial charge in [-0.15, -0.1) is 0 Å². The van der Waals surface area contributed by atoms with Gasteiger partial charge in [0, 0.05) is 42.7 Å². The molecule has 1 aromatic rings. The zero-order chi connectivity index (χ0) is 25.5. The lowest BCUT2D eigenvalue weighted by atomic mass is 9.89. The van der Waals surface area contributed by atoms with Gasteiger partial charge in [-0.3, -0.25) is 14.5 Å². The third-order valence-corrected chi connectivity index (χ3v) is 7.79. The molecule has 0 spiro atoms. The molecule has 1 fully saturated rings. The summed E-state index contributed by atoms with van der Waals surface area (Å²) in [6, 6.07) is 5.08. The Labute approximate surface area is 212 Å². The van der Waals surface area contributed by atoms with Crippen LogP contribution < -0.4 is 15.8 Å². The minimum absolute atomic E-state index is 0.000477. The van der Waals surface area contributed by atoms with E-state index < -0.39 is 11.1 Å². The number of ether oxygens (including phenoxy) is 2. The smallest absolute Gasteiger partial charge is 0.231 e. The Hall–Kier alpha value is -2.32. The van der Waals surface area contributed by atoms with Crippen LogP contribution >= 0.6 is 11.6 Å². The average molecular weight is 505 g/mol. The minimum Gasteiger partial charge on any atom is -0.487 e. The molecule has 0 unspecified atom stereocenters. The molecule has 5 atom stereocenters. The van der Waals surface area contributed by atoms with Crippen molar-refractivity contribution >= 4 is 29.4 Å². The van der Waals surface area contributed by atoms with E-state index in [0.717, 1.165) is 17.7 Å². The molecule has 0 saturated heterocycles. The molecule has 2 amide bonds. The molecule has 0 radical (unpaired) electrons. The topological polar surface area (TPSA) is 106 Å². The third kappa shape index (κ3) is 5.43. The van der Waals surface area contributed by atoms with E-state index in [2.05, 4.69) is 10.3 Å². The molecule has 4 rings (SSSR count). The third-order valence-electron chi connectivity index (χ3n) is 7.56. The van der Waals surface area contributed by atoms with Gasteiger partial charge < -0.3 is 20.5 Å². The van der Waals surface area contributed by atoms with Crippen LogP contribution in [0.1, 0.15) is 71.4 Å². The predicted octanol–water partition coefficient (Wildman–Crippen LogP) is 3.82. The van der Waals surface area contributed by atoms with Crippen molar-refractivity contribution < 1.29 is 19.1 Å². The van der Waals surface area contributed by atoms with Gasteiger partial charge in [0.25, 0.3) is 0 Å². The van der Waals surface area contributed by atoms with E-state index in [1.807, 2.05) is 39.8 Å². The van der Waals surface area contributed by atoms with E-state index >= 15 is 0 Å². The fourth-order valence-corrected chi connectivity index (χ4v) is 5.60. The monoisotopic (exact) mass is 504 g/mol. The van der Waals surface area contributed by atoms with E-state index in [0.29, 0.717) is 37.3 Å². The standard InChI is InChI=1S/C26H37ClN4O4/c1-6-26(4)14-22(32)31(24(28)30-26)20(9-10-34-5)16-12-17(16)23(33)29-19-13-25(2,3)35-21-8-7-15(27)11-18(19)21/h7-8,11,16-17,19-20H,6,9-10,12-14H2,1-5H3,(H2,28,30)(H,29,33)/t16-,17-,19-,20+,26+/m0/s1. The van der Waals surface area contributed by atoms with Crippen molar-refractivity contribution in [2.45, 2.75) is 83.0 Å². The van der Waals surface area contributed by atoms with Gasteiger partial charge in [-0.05, 0) is 64.2 Å². The lowest BCUT2D eigenvalue weighted by Crippen LogP contribution is -2.56. The zero-order valence-corrected chi connectivity index (χ0v) is 22.0. The summed E-state index contributed by atoms with van der Waals surface area (Å²) in [5.41, 5.74) is 6.31. The van der Waals surface area contributed by atoms with Crippen molar-refractivity contribution in [3.8, 4) is 5.75 Å². The predicted molar refractivity (Wildman–Crippen MR) is 135 cm³/mol. The maximum atomic E-state index is 13.4. The van der Waals surface area contributed by atoms with E-state index in [1.165, 1.54) is 0 Å². The van der Waals surface area contributed by atoms with Crippen LogP contribution in [0.15, 0.2) is 23.2 Å². The molecule has 0 aromatic heterocycles. The number of benzene rings is 1. The summed E-state index contributed by atoms with van der Waals surface area (Å²) in [6.45, 7) is 8.45. The first-order valence-corrected chi connectivity index (χ1v) is 12.8. The molecule has 8 nitrogen and oxygen atoms in total. The molecule has 2 aliphatic heterocycles. The second-order valence-electron chi connectivity index (χ2n) is 10.9. The second kappa shape index (κ2) is 9.62. The average Bonchev–Trinajstić information content (AvgIpc) is 3.56. The largest absolute Gasteiger partial charge is 0.487 e. The van der Waals surface area contributed by atoms with Crippen molar-refractivity contribution in [2.24, 2.45) is 22.6 Å². The highest BCUT2D eigenvalue weighted by Crippen LogP contribution is 2.47. The first-order valence-electron chi connectivity index (χ1n) is 12.4. The van der Waals surface area contributed by atoms with Crippen molar-refractivity contribution in [3.05, 3.63) is 28.8 Å². The highest BCUT2D eigenvalue weighted by molar-refractivity contribution is 6.30. The SMILES string of the molecule is CC[C@]1(C)CC(=O)N([C@H](CCOC)[C@H]2C[C@@H]2C(=O)N[C@H]2CC(C)(C)Oc3ccc(Cl)cc32)C(N)=N1. The Morgan fingerprint density at radius 2 is 2.14 bits per heavy atom. The number of guanidine groups is 1. The van der Waals surface area contributed by atoms with Crippen LogP contribution in [0.4, 0.5) is 0 Å². The molecule has 1 aliphatic carbocycles. The van der Waals surface area contributed by atoms with Crippen molar-refractivity contribution in [2.75, 3.05) is 13.7 Å². The molecule has 1 aromatic carbocycles. The number of nitrogens with zero attached hydrogens (tertiary/aromatic N) is 2. The molecule has 1 saturated carbocycles. The Bertz CT molecular complexity index is 1030. The number of methoxy groups -OCH3 is 1. The summed E-state index contributed by atoms with van der Waals surface area (Å²) in [4.78, 5) is 32.8. The number of rotatable bonds is 8. The molecule has 192 valence electrons. The summed E-state index contributed by atoms with van der Waals surface area (Å²) in [6.07, 6.45) is 2.97. The molecule has 0 bridgehead atoms. The van der Waals surface area contributed by atoms with E-state index in [-0.39, 0.29) is 41.7 Å². The molecular formula is C26H37ClN4O4. The van der Waals surface area contributed by atoms with Gasteiger partial charge >= 0.3 is 0 Å². The van der Waals surface area contributed by atoms with Crippen LogP contribution in [0.2, 0.25) is 5.02 Å². The number of carbonyl (C=O) groups is 2. The molecular weight excluding hydrogens is 468 g/mol. The summed E-state index contributed by atoms with van der Waals surface area (Å²) in [5, 5.41) is 3.84. The van der Waals surface area contributed by atoms with Crippen LogP contribution in [0.3, 0.4) is 0 Å². The van der Waals surface area contributed by atoms with Crippen LogP contribution in [0.25, 0.3) is 0 Å². The highest BCUT2D eigenvalue weighted by atomic mass is 35.5. The van der Waals surface area contributed by atoms with Crippen molar-refractivity contribution in [1.29, 1.82) is 0 Å².